The molecule has 0 amide bonds. The van der Waals surface area contributed by atoms with Crippen molar-refractivity contribution in [3.63, 3.8) is 0 Å². The lowest BCUT2D eigenvalue weighted by atomic mass is 10.2. The highest BCUT2D eigenvalue weighted by Crippen LogP contribution is 2.33. The Bertz CT molecular complexity index is 504. The Morgan fingerprint density at radius 1 is 1.22 bits per heavy atom. The Hall–Kier alpha value is -1.01. The van der Waals surface area contributed by atoms with Gasteiger partial charge in [-0.25, -0.2) is 4.98 Å². The molecular weight excluding hydrogens is 264 g/mol. The molecule has 98 valence electrons. The summed E-state index contributed by atoms with van der Waals surface area (Å²) < 4.78 is 0. The van der Waals surface area contributed by atoms with E-state index in [1.165, 1.54) is 0 Å². The second-order valence-electron chi connectivity index (χ2n) is 4.58. The Balaban J connectivity index is 2.13. The smallest absolute Gasteiger partial charge is 0.206 e. The van der Waals surface area contributed by atoms with Crippen LogP contribution in [0, 0.1) is 0 Å². The van der Waals surface area contributed by atoms with Crippen molar-refractivity contribution in [1.29, 1.82) is 0 Å². The molecule has 6 heteroatoms. The topological polar surface area (TPSA) is 50.7 Å². The summed E-state index contributed by atoms with van der Waals surface area (Å²) in [4.78, 5) is 5.52. The SMILES string of the molecule is CCC(C)Nc1nnc(-c2cnc(C(C)C)s2)s1. The minimum atomic E-state index is 0.429. The average molecular weight is 282 g/mol. The van der Waals surface area contributed by atoms with E-state index in [-0.39, 0.29) is 0 Å². The first-order valence-corrected chi connectivity index (χ1v) is 7.79. The van der Waals surface area contributed by atoms with Gasteiger partial charge in [-0.1, -0.05) is 32.1 Å². The first-order chi connectivity index (χ1) is 8.60. The zero-order chi connectivity index (χ0) is 13.1. The van der Waals surface area contributed by atoms with Crippen LogP contribution in [0.5, 0.6) is 0 Å². The molecule has 1 N–H and O–H groups in total. The lowest BCUT2D eigenvalue weighted by molar-refractivity contribution is 0.760. The van der Waals surface area contributed by atoms with E-state index >= 15 is 0 Å². The molecule has 1 atom stereocenters. The van der Waals surface area contributed by atoms with Crippen LogP contribution in [-0.2, 0) is 0 Å². The molecule has 0 saturated carbocycles. The summed E-state index contributed by atoms with van der Waals surface area (Å²) in [5.74, 6) is 0.467. The highest BCUT2D eigenvalue weighted by Gasteiger charge is 2.12. The number of nitrogens with one attached hydrogen (secondary N) is 1. The van der Waals surface area contributed by atoms with Gasteiger partial charge in [0, 0.05) is 18.2 Å². The molecule has 2 aromatic rings. The molecule has 0 aliphatic heterocycles. The number of nitrogens with zero attached hydrogens (tertiary/aromatic N) is 3. The zero-order valence-corrected chi connectivity index (χ0v) is 12.7. The molecule has 0 radical (unpaired) electrons. The van der Waals surface area contributed by atoms with Crippen LogP contribution in [0.2, 0.25) is 0 Å². The van der Waals surface area contributed by atoms with Crippen LogP contribution < -0.4 is 5.32 Å². The van der Waals surface area contributed by atoms with E-state index in [1.54, 1.807) is 22.7 Å². The Morgan fingerprint density at radius 2 is 2.00 bits per heavy atom. The molecule has 2 aromatic heterocycles. The van der Waals surface area contributed by atoms with Crippen molar-refractivity contribution in [3.05, 3.63) is 11.2 Å². The van der Waals surface area contributed by atoms with E-state index in [0.717, 1.165) is 26.4 Å². The van der Waals surface area contributed by atoms with Gasteiger partial charge in [0.1, 0.15) is 0 Å². The molecule has 0 spiro atoms. The molecule has 0 aromatic carbocycles. The van der Waals surface area contributed by atoms with E-state index < -0.39 is 0 Å². The van der Waals surface area contributed by atoms with Gasteiger partial charge in [0.2, 0.25) is 5.13 Å². The largest absolute Gasteiger partial charge is 0.358 e. The van der Waals surface area contributed by atoms with Crippen molar-refractivity contribution in [2.24, 2.45) is 0 Å². The van der Waals surface area contributed by atoms with Crippen molar-refractivity contribution in [2.45, 2.75) is 46.1 Å². The molecule has 0 fully saturated rings. The monoisotopic (exact) mass is 282 g/mol. The Morgan fingerprint density at radius 3 is 2.61 bits per heavy atom. The van der Waals surface area contributed by atoms with Crippen LogP contribution in [0.1, 0.15) is 45.0 Å². The lowest BCUT2D eigenvalue weighted by Crippen LogP contribution is -2.12. The van der Waals surface area contributed by atoms with Gasteiger partial charge in [0.25, 0.3) is 0 Å². The predicted molar refractivity (Wildman–Crippen MR) is 78.5 cm³/mol. The molecule has 2 heterocycles. The minimum absolute atomic E-state index is 0.429. The molecule has 1 unspecified atom stereocenters. The van der Waals surface area contributed by atoms with Crippen LogP contribution in [0.25, 0.3) is 9.88 Å². The third-order valence-electron chi connectivity index (χ3n) is 2.64. The summed E-state index contributed by atoms with van der Waals surface area (Å²) in [7, 11) is 0. The van der Waals surface area contributed by atoms with E-state index in [0.29, 0.717) is 12.0 Å². The van der Waals surface area contributed by atoms with Crippen molar-refractivity contribution in [2.75, 3.05) is 5.32 Å². The highest BCUT2D eigenvalue weighted by molar-refractivity contribution is 7.23. The molecule has 4 nitrogen and oxygen atoms in total. The Kier molecular flexibility index (Phi) is 4.29. The van der Waals surface area contributed by atoms with E-state index in [1.807, 2.05) is 6.20 Å². The summed E-state index contributed by atoms with van der Waals surface area (Å²) in [5.41, 5.74) is 0. The van der Waals surface area contributed by atoms with Crippen LogP contribution in [0.4, 0.5) is 5.13 Å². The summed E-state index contributed by atoms with van der Waals surface area (Å²) in [6, 6.07) is 0.429. The maximum atomic E-state index is 4.42. The molecule has 0 bridgehead atoms. The maximum Gasteiger partial charge on any atom is 0.206 e. The molecule has 2 rings (SSSR count). The van der Waals surface area contributed by atoms with Gasteiger partial charge in [0.05, 0.1) is 9.88 Å². The fourth-order valence-corrected chi connectivity index (χ4v) is 3.16. The van der Waals surface area contributed by atoms with Gasteiger partial charge in [-0.15, -0.1) is 21.5 Å². The second kappa shape index (κ2) is 5.75. The number of hydrogen-bond donors (Lipinski definition) is 1. The van der Waals surface area contributed by atoms with E-state index in [9.17, 15) is 0 Å². The molecule has 0 saturated heterocycles. The third-order valence-corrected chi connectivity index (χ3v) is 4.96. The Labute approximate surface area is 116 Å². The van der Waals surface area contributed by atoms with Crippen LogP contribution in [0.3, 0.4) is 0 Å². The van der Waals surface area contributed by atoms with Gasteiger partial charge in [-0.2, -0.15) is 0 Å². The number of anilines is 1. The van der Waals surface area contributed by atoms with Crippen molar-refractivity contribution in [3.8, 4) is 9.88 Å². The maximum absolute atomic E-state index is 4.42. The summed E-state index contributed by atoms with van der Waals surface area (Å²) in [5, 5.41) is 14.7. The lowest BCUT2D eigenvalue weighted by Gasteiger charge is -2.07. The first kappa shape index (κ1) is 13.4. The summed E-state index contributed by atoms with van der Waals surface area (Å²) in [6.07, 6.45) is 2.97. The number of hydrogen-bond acceptors (Lipinski definition) is 6. The van der Waals surface area contributed by atoms with Crippen LogP contribution in [0.15, 0.2) is 6.20 Å². The highest BCUT2D eigenvalue weighted by atomic mass is 32.1. The second-order valence-corrected chi connectivity index (χ2v) is 6.62. The average Bonchev–Trinajstić information content (AvgIpc) is 2.96. The number of thiazole rings is 1. The van der Waals surface area contributed by atoms with Gasteiger partial charge >= 0.3 is 0 Å². The fourth-order valence-electron chi connectivity index (χ4n) is 1.35. The molecular formula is C12H18N4S2. The number of rotatable bonds is 5. The summed E-state index contributed by atoms with van der Waals surface area (Å²) >= 11 is 3.29. The van der Waals surface area contributed by atoms with Crippen molar-refractivity contribution in [1.82, 2.24) is 15.2 Å². The third kappa shape index (κ3) is 3.05. The molecule has 0 aliphatic carbocycles. The molecule has 18 heavy (non-hydrogen) atoms. The van der Waals surface area contributed by atoms with E-state index in [4.69, 9.17) is 0 Å². The van der Waals surface area contributed by atoms with Crippen molar-refractivity contribution < 1.29 is 0 Å². The standard InChI is InChI=1S/C12H18N4S2/c1-5-8(4)14-12-16-15-11(18-12)9-6-13-10(17-9)7(2)3/h6-8H,5H2,1-4H3,(H,14,16). The zero-order valence-electron chi connectivity index (χ0n) is 11.1. The normalized spacial score (nSPS) is 12.9. The number of aromatic nitrogens is 3. The first-order valence-electron chi connectivity index (χ1n) is 6.16. The van der Waals surface area contributed by atoms with Gasteiger partial charge in [-0.05, 0) is 13.3 Å². The minimum Gasteiger partial charge on any atom is -0.358 e. The van der Waals surface area contributed by atoms with E-state index in [2.05, 4.69) is 48.2 Å². The van der Waals surface area contributed by atoms with Gasteiger partial charge < -0.3 is 5.32 Å². The van der Waals surface area contributed by atoms with Crippen LogP contribution in [-0.4, -0.2) is 21.2 Å². The van der Waals surface area contributed by atoms with Crippen LogP contribution >= 0.6 is 22.7 Å². The van der Waals surface area contributed by atoms with Crippen molar-refractivity contribution >= 4 is 27.8 Å². The molecule has 0 aliphatic rings. The fraction of sp³-hybridized carbons (Fsp3) is 0.583. The predicted octanol–water partition coefficient (Wildman–Crippen LogP) is 4.00. The summed E-state index contributed by atoms with van der Waals surface area (Å²) in [6.45, 7) is 8.60. The van der Waals surface area contributed by atoms with Gasteiger partial charge in [0.15, 0.2) is 5.01 Å². The van der Waals surface area contributed by atoms with Gasteiger partial charge in [-0.3, -0.25) is 0 Å². The quantitative estimate of drug-likeness (QED) is 0.900.